The van der Waals surface area contributed by atoms with E-state index in [0.29, 0.717) is 32.0 Å². The fourth-order valence-corrected chi connectivity index (χ4v) is 2.30. The number of guanidine groups is 1. The molecule has 0 saturated carbocycles. The third-order valence-corrected chi connectivity index (χ3v) is 3.45. The van der Waals surface area contributed by atoms with E-state index in [1.54, 1.807) is 19.2 Å². The van der Waals surface area contributed by atoms with E-state index in [0.717, 1.165) is 5.56 Å². The summed E-state index contributed by atoms with van der Waals surface area (Å²) in [6.07, 6.45) is 0.263. The number of rotatable bonds is 8. The Morgan fingerprint density at radius 1 is 1.17 bits per heavy atom. The van der Waals surface area contributed by atoms with Gasteiger partial charge >= 0.3 is 12.7 Å². The molecular formula is C19H31F2IN4O3. The van der Waals surface area contributed by atoms with Gasteiger partial charge in [0.1, 0.15) is 11.4 Å². The summed E-state index contributed by atoms with van der Waals surface area (Å²) in [5.74, 6) is 0.812. The maximum absolute atomic E-state index is 12.2. The molecule has 0 aliphatic rings. The monoisotopic (exact) mass is 528 g/mol. The van der Waals surface area contributed by atoms with Crippen LogP contribution in [0.1, 0.15) is 32.8 Å². The van der Waals surface area contributed by atoms with Gasteiger partial charge in [-0.2, -0.15) is 8.78 Å². The Morgan fingerprint density at radius 3 is 2.28 bits per heavy atom. The van der Waals surface area contributed by atoms with Crippen LogP contribution >= 0.6 is 24.0 Å². The Hall–Kier alpha value is -1.85. The summed E-state index contributed by atoms with van der Waals surface area (Å²) in [7, 11) is 3.55. The first-order chi connectivity index (χ1) is 13.1. The van der Waals surface area contributed by atoms with Crippen molar-refractivity contribution in [2.24, 2.45) is 4.99 Å². The first-order valence-corrected chi connectivity index (χ1v) is 9.03. The number of alkyl halides is 2. The highest BCUT2D eigenvalue weighted by molar-refractivity contribution is 14.0. The van der Waals surface area contributed by atoms with Crippen molar-refractivity contribution in [3.05, 3.63) is 29.8 Å². The summed E-state index contributed by atoms with van der Waals surface area (Å²) < 4.78 is 33.9. The highest BCUT2D eigenvalue weighted by atomic mass is 127. The Balaban J connectivity index is 0.00000784. The molecule has 1 amide bonds. The molecule has 0 aliphatic carbocycles. The van der Waals surface area contributed by atoms with Crippen molar-refractivity contribution in [2.45, 2.75) is 45.9 Å². The van der Waals surface area contributed by atoms with Crippen LogP contribution in [0.3, 0.4) is 0 Å². The lowest BCUT2D eigenvalue weighted by Gasteiger charge is -2.22. The summed E-state index contributed by atoms with van der Waals surface area (Å²) in [6, 6.07) is 6.47. The van der Waals surface area contributed by atoms with E-state index in [4.69, 9.17) is 4.74 Å². The molecule has 0 saturated heterocycles. The van der Waals surface area contributed by atoms with Crippen LogP contribution in [-0.2, 0) is 11.3 Å². The molecule has 0 radical (unpaired) electrons. The van der Waals surface area contributed by atoms with Gasteiger partial charge in [0.05, 0.1) is 0 Å². The lowest BCUT2D eigenvalue weighted by atomic mass is 10.2. The van der Waals surface area contributed by atoms with Gasteiger partial charge in [0.25, 0.3) is 0 Å². The Morgan fingerprint density at radius 2 is 1.76 bits per heavy atom. The first-order valence-electron chi connectivity index (χ1n) is 9.03. The van der Waals surface area contributed by atoms with E-state index in [1.165, 1.54) is 12.1 Å². The number of hydrogen-bond donors (Lipinski definition) is 2. The minimum absolute atomic E-state index is 0. The number of hydrogen-bond acceptors (Lipinski definition) is 4. The molecule has 0 aliphatic heterocycles. The molecule has 2 N–H and O–H groups in total. The number of alkyl carbamates (subject to hydrolysis) is 1. The maximum Gasteiger partial charge on any atom is 0.407 e. The van der Waals surface area contributed by atoms with Crippen LogP contribution in [0.2, 0.25) is 0 Å². The fraction of sp³-hybridized carbons (Fsp3) is 0.579. The predicted molar refractivity (Wildman–Crippen MR) is 120 cm³/mol. The van der Waals surface area contributed by atoms with Gasteiger partial charge in [0.2, 0.25) is 0 Å². The van der Waals surface area contributed by atoms with Crippen LogP contribution in [0.5, 0.6) is 5.75 Å². The van der Waals surface area contributed by atoms with Gasteiger partial charge in [0.15, 0.2) is 5.96 Å². The van der Waals surface area contributed by atoms with Crippen LogP contribution in [0.25, 0.3) is 0 Å². The van der Waals surface area contributed by atoms with E-state index in [9.17, 15) is 13.6 Å². The second-order valence-corrected chi connectivity index (χ2v) is 7.13. The van der Waals surface area contributed by atoms with Gasteiger partial charge in [-0.15, -0.1) is 24.0 Å². The lowest BCUT2D eigenvalue weighted by molar-refractivity contribution is -0.0498. The van der Waals surface area contributed by atoms with E-state index in [1.807, 2.05) is 32.7 Å². The fourth-order valence-electron chi connectivity index (χ4n) is 2.30. The number of nitrogens with one attached hydrogen (secondary N) is 2. The average molecular weight is 528 g/mol. The van der Waals surface area contributed by atoms with Crippen molar-refractivity contribution in [1.29, 1.82) is 0 Å². The molecule has 1 rings (SSSR count). The highest BCUT2D eigenvalue weighted by Gasteiger charge is 2.15. The molecule has 1 aromatic carbocycles. The normalized spacial score (nSPS) is 11.5. The van der Waals surface area contributed by atoms with E-state index >= 15 is 0 Å². The summed E-state index contributed by atoms with van der Waals surface area (Å²) in [5.41, 5.74) is 0.412. The van der Waals surface area contributed by atoms with Crippen LogP contribution < -0.4 is 15.4 Å². The molecule has 29 heavy (non-hydrogen) atoms. The molecule has 7 nitrogen and oxygen atoms in total. The van der Waals surface area contributed by atoms with Gasteiger partial charge in [0, 0.05) is 33.7 Å². The largest absolute Gasteiger partial charge is 0.444 e. The molecule has 0 atom stereocenters. The quantitative estimate of drug-likeness (QED) is 0.232. The van der Waals surface area contributed by atoms with Crippen LogP contribution in [0, 0.1) is 0 Å². The smallest absolute Gasteiger partial charge is 0.407 e. The SMILES string of the molecule is CN=C(NCCCNC(=O)OC(C)(C)C)N(C)Cc1ccc(OC(F)F)cc1.I. The Bertz CT molecular complexity index is 637. The van der Waals surface area contributed by atoms with Crippen molar-refractivity contribution in [2.75, 3.05) is 27.2 Å². The third kappa shape index (κ3) is 12.3. The van der Waals surface area contributed by atoms with Gasteiger partial charge < -0.3 is 25.0 Å². The Kier molecular flexibility index (Phi) is 12.5. The van der Waals surface area contributed by atoms with Crippen molar-refractivity contribution in [3.63, 3.8) is 0 Å². The highest BCUT2D eigenvalue weighted by Crippen LogP contribution is 2.15. The van der Waals surface area contributed by atoms with Gasteiger partial charge in [-0.05, 0) is 44.9 Å². The van der Waals surface area contributed by atoms with Crippen molar-refractivity contribution >= 4 is 36.0 Å². The number of ether oxygens (including phenoxy) is 2. The first kappa shape index (κ1) is 27.2. The van der Waals surface area contributed by atoms with E-state index in [-0.39, 0.29) is 29.7 Å². The number of halogens is 3. The number of aliphatic imine (C=N–C) groups is 1. The zero-order valence-corrected chi connectivity index (χ0v) is 19.8. The lowest BCUT2D eigenvalue weighted by Crippen LogP contribution is -2.40. The summed E-state index contributed by atoms with van der Waals surface area (Å²) in [4.78, 5) is 17.7. The number of amides is 1. The van der Waals surface area contributed by atoms with Crippen LogP contribution in [0.15, 0.2) is 29.3 Å². The molecule has 0 fully saturated rings. The van der Waals surface area contributed by atoms with Gasteiger partial charge in [-0.1, -0.05) is 12.1 Å². The predicted octanol–water partition coefficient (Wildman–Crippen LogP) is 3.83. The maximum atomic E-state index is 12.2. The minimum Gasteiger partial charge on any atom is -0.444 e. The van der Waals surface area contributed by atoms with E-state index < -0.39 is 18.3 Å². The van der Waals surface area contributed by atoms with Crippen molar-refractivity contribution in [1.82, 2.24) is 15.5 Å². The summed E-state index contributed by atoms with van der Waals surface area (Å²) in [5, 5.41) is 5.91. The van der Waals surface area contributed by atoms with Crippen molar-refractivity contribution in [3.8, 4) is 5.75 Å². The third-order valence-electron chi connectivity index (χ3n) is 3.45. The second-order valence-electron chi connectivity index (χ2n) is 7.13. The molecule has 166 valence electrons. The summed E-state index contributed by atoms with van der Waals surface area (Å²) >= 11 is 0. The second kappa shape index (κ2) is 13.4. The molecule has 0 bridgehead atoms. The summed E-state index contributed by atoms with van der Waals surface area (Å²) in [6.45, 7) is 4.25. The minimum atomic E-state index is -2.83. The Labute approximate surface area is 188 Å². The van der Waals surface area contributed by atoms with Gasteiger partial charge in [-0.25, -0.2) is 4.79 Å². The number of benzene rings is 1. The number of nitrogens with zero attached hydrogens (tertiary/aromatic N) is 2. The van der Waals surface area contributed by atoms with Crippen LogP contribution in [-0.4, -0.2) is 56.4 Å². The van der Waals surface area contributed by atoms with E-state index in [2.05, 4.69) is 20.4 Å². The van der Waals surface area contributed by atoms with Gasteiger partial charge in [-0.3, -0.25) is 4.99 Å². The number of carbonyl (C=O) groups is 1. The molecule has 0 aromatic heterocycles. The molecule has 0 heterocycles. The van der Waals surface area contributed by atoms with Crippen LogP contribution in [0.4, 0.5) is 13.6 Å². The molecular weight excluding hydrogens is 497 g/mol. The number of carbonyl (C=O) groups excluding carboxylic acids is 1. The average Bonchev–Trinajstić information content (AvgIpc) is 2.57. The molecule has 0 unspecified atom stereocenters. The molecule has 10 heteroatoms. The molecule has 1 aromatic rings. The zero-order chi connectivity index (χ0) is 21.2. The topological polar surface area (TPSA) is 75.2 Å². The van der Waals surface area contributed by atoms with Crippen molar-refractivity contribution < 1.29 is 23.0 Å². The zero-order valence-electron chi connectivity index (χ0n) is 17.5. The molecule has 0 spiro atoms. The standard InChI is InChI=1S/C19H30F2N4O3.HI/c1-19(2,3)28-18(26)24-12-6-11-23-17(22-4)25(5)13-14-7-9-15(10-8-14)27-16(20)21;/h7-10,16H,6,11-13H2,1-5H3,(H,22,23)(H,24,26);1H.